The standard InChI is InChI=1S/C7H14O2P/c1-7(2)5-8-10(3-4-10)9-6-7/h3-6H2,1-2H3/q+1. The summed E-state index contributed by atoms with van der Waals surface area (Å²) in [6.07, 6.45) is 2.42. The molecule has 0 N–H and O–H groups in total. The smallest absolute Gasteiger partial charge is 0.206 e. The molecule has 3 heteroatoms. The average molecular weight is 161 g/mol. The van der Waals surface area contributed by atoms with Crippen LogP contribution in [0.15, 0.2) is 0 Å². The number of hydrogen-bond donors (Lipinski definition) is 0. The monoisotopic (exact) mass is 161 g/mol. The highest BCUT2D eigenvalue weighted by atomic mass is 31.2. The van der Waals surface area contributed by atoms with Gasteiger partial charge in [0.1, 0.15) is 13.2 Å². The van der Waals surface area contributed by atoms with Gasteiger partial charge in [0.2, 0.25) is 0 Å². The van der Waals surface area contributed by atoms with Gasteiger partial charge in [-0.15, -0.1) is 0 Å². The Labute approximate surface area is 62.4 Å². The van der Waals surface area contributed by atoms with Crippen LogP contribution in [0, 0.1) is 5.41 Å². The minimum Gasteiger partial charge on any atom is -0.206 e. The summed E-state index contributed by atoms with van der Waals surface area (Å²) in [5.74, 6) is 0. The molecule has 2 heterocycles. The Balaban J connectivity index is 1.95. The first-order chi connectivity index (χ1) is 4.62. The van der Waals surface area contributed by atoms with Gasteiger partial charge < -0.3 is 0 Å². The summed E-state index contributed by atoms with van der Waals surface area (Å²) >= 11 is 0. The minimum atomic E-state index is -1.17. The molecular weight excluding hydrogens is 147 g/mol. The highest BCUT2D eigenvalue weighted by molar-refractivity contribution is 7.73. The molecule has 0 aromatic rings. The van der Waals surface area contributed by atoms with E-state index in [1.54, 1.807) is 0 Å². The second kappa shape index (κ2) is 1.94. The third-order valence-electron chi connectivity index (χ3n) is 1.97. The lowest BCUT2D eigenvalue weighted by atomic mass is 9.97. The molecule has 1 spiro atoms. The lowest BCUT2D eigenvalue weighted by Gasteiger charge is -2.27. The van der Waals surface area contributed by atoms with Crippen molar-refractivity contribution in [2.75, 3.05) is 25.5 Å². The Kier molecular flexibility index (Phi) is 1.36. The molecule has 0 aliphatic carbocycles. The van der Waals surface area contributed by atoms with Crippen LogP contribution in [0.25, 0.3) is 0 Å². The summed E-state index contributed by atoms with van der Waals surface area (Å²) < 4.78 is 11.4. The van der Waals surface area contributed by atoms with Crippen LogP contribution in [0.2, 0.25) is 0 Å². The zero-order chi connectivity index (χ0) is 7.24. The average Bonchev–Trinajstić information content (AvgIpc) is 2.60. The highest BCUT2D eigenvalue weighted by Gasteiger charge is 2.61. The zero-order valence-corrected chi connectivity index (χ0v) is 7.49. The van der Waals surface area contributed by atoms with E-state index in [0.717, 1.165) is 13.2 Å². The molecule has 2 aliphatic rings. The molecule has 0 amide bonds. The predicted octanol–water partition coefficient (Wildman–Crippen LogP) is 1.92. The fraction of sp³-hybridized carbons (Fsp3) is 1.00. The maximum absolute atomic E-state index is 5.68. The Morgan fingerprint density at radius 1 is 1.10 bits per heavy atom. The Hall–Kier alpha value is 0.350. The third kappa shape index (κ3) is 1.20. The lowest BCUT2D eigenvalue weighted by Crippen LogP contribution is -2.28. The summed E-state index contributed by atoms with van der Waals surface area (Å²) in [6.45, 7) is 6.18. The van der Waals surface area contributed by atoms with E-state index in [9.17, 15) is 0 Å². The zero-order valence-electron chi connectivity index (χ0n) is 6.59. The van der Waals surface area contributed by atoms with Crippen molar-refractivity contribution in [3.63, 3.8) is 0 Å². The summed E-state index contributed by atoms with van der Waals surface area (Å²) in [4.78, 5) is 0. The van der Waals surface area contributed by atoms with Crippen LogP contribution in [0.4, 0.5) is 0 Å². The molecule has 0 bridgehead atoms. The van der Waals surface area contributed by atoms with Crippen molar-refractivity contribution < 1.29 is 9.05 Å². The van der Waals surface area contributed by atoms with Crippen LogP contribution in [0.5, 0.6) is 0 Å². The van der Waals surface area contributed by atoms with Gasteiger partial charge in [0.25, 0.3) is 7.72 Å². The van der Waals surface area contributed by atoms with Gasteiger partial charge in [-0.3, -0.25) is 0 Å². The topological polar surface area (TPSA) is 18.5 Å². The van der Waals surface area contributed by atoms with Gasteiger partial charge in [0, 0.05) is 5.41 Å². The number of hydrogen-bond acceptors (Lipinski definition) is 2. The molecule has 0 unspecified atom stereocenters. The molecule has 2 aliphatic heterocycles. The minimum absolute atomic E-state index is 0.258. The maximum Gasteiger partial charge on any atom is 0.282 e. The van der Waals surface area contributed by atoms with Crippen molar-refractivity contribution in [2.45, 2.75) is 13.8 Å². The van der Waals surface area contributed by atoms with Crippen LogP contribution in [-0.4, -0.2) is 25.5 Å². The first-order valence-electron chi connectivity index (χ1n) is 3.78. The van der Waals surface area contributed by atoms with Gasteiger partial charge in [0.15, 0.2) is 12.3 Å². The Morgan fingerprint density at radius 2 is 1.60 bits per heavy atom. The molecule has 0 aromatic heterocycles. The molecule has 0 radical (unpaired) electrons. The largest absolute Gasteiger partial charge is 0.282 e. The molecule has 2 saturated heterocycles. The van der Waals surface area contributed by atoms with Crippen molar-refractivity contribution in [3.8, 4) is 0 Å². The van der Waals surface area contributed by atoms with E-state index in [4.69, 9.17) is 9.05 Å². The Morgan fingerprint density at radius 3 is 2.00 bits per heavy atom. The van der Waals surface area contributed by atoms with E-state index in [-0.39, 0.29) is 5.41 Å². The van der Waals surface area contributed by atoms with Crippen LogP contribution in [0.1, 0.15) is 13.8 Å². The van der Waals surface area contributed by atoms with Crippen molar-refractivity contribution in [1.82, 2.24) is 0 Å². The quantitative estimate of drug-likeness (QED) is 0.505. The molecule has 0 atom stereocenters. The molecule has 0 aromatic carbocycles. The summed E-state index contributed by atoms with van der Waals surface area (Å²) in [5.41, 5.74) is 0.258. The SMILES string of the molecule is CC1(C)CO[P+]2(CC2)OC1. The second-order valence-corrected chi connectivity index (χ2v) is 7.01. The first-order valence-corrected chi connectivity index (χ1v) is 5.78. The van der Waals surface area contributed by atoms with Crippen molar-refractivity contribution in [2.24, 2.45) is 5.41 Å². The van der Waals surface area contributed by atoms with E-state index in [1.807, 2.05) is 0 Å². The van der Waals surface area contributed by atoms with Gasteiger partial charge >= 0.3 is 0 Å². The summed E-state index contributed by atoms with van der Waals surface area (Å²) in [5, 5.41) is 0. The molecular formula is C7H14O2P+. The fourth-order valence-corrected chi connectivity index (χ4v) is 3.42. The van der Waals surface area contributed by atoms with Gasteiger partial charge in [-0.2, -0.15) is 0 Å². The molecule has 2 fully saturated rings. The predicted molar refractivity (Wildman–Crippen MR) is 42.3 cm³/mol. The van der Waals surface area contributed by atoms with E-state index < -0.39 is 7.72 Å². The molecule has 0 saturated carbocycles. The van der Waals surface area contributed by atoms with Crippen molar-refractivity contribution in [1.29, 1.82) is 0 Å². The van der Waals surface area contributed by atoms with Crippen molar-refractivity contribution in [3.05, 3.63) is 0 Å². The van der Waals surface area contributed by atoms with Crippen LogP contribution >= 0.6 is 7.72 Å². The van der Waals surface area contributed by atoms with Gasteiger partial charge in [-0.05, 0) is 0 Å². The molecule has 2 rings (SSSR count). The normalized spacial score (nSPS) is 34.2. The highest BCUT2D eigenvalue weighted by Crippen LogP contribution is 2.75. The Bertz CT molecular complexity index is 134. The van der Waals surface area contributed by atoms with E-state index in [0.29, 0.717) is 0 Å². The number of rotatable bonds is 0. The molecule has 10 heavy (non-hydrogen) atoms. The fourth-order valence-electron chi connectivity index (χ4n) is 1.00. The molecule has 2 nitrogen and oxygen atoms in total. The van der Waals surface area contributed by atoms with Gasteiger partial charge in [-0.1, -0.05) is 13.8 Å². The van der Waals surface area contributed by atoms with Crippen molar-refractivity contribution >= 4 is 7.72 Å². The van der Waals surface area contributed by atoms with Crippen LogP contribution in [-0.2, 0) is 9.05 Å². The van der Waals surface area contributed by atoms with Crippen LogP contribution < -0.4 is 0 Å². The second-order valence-electron chi connectivity index (χ2n) is 3.97. The van der Waals surface area contributed by atoms with E-state index >= 15 is 0 Å². The molecule has 58 valence electrons. The van der Waals surface area contributed by atoms with E-state index in [1.165, 1.54) is 12.3 Å². The third-order valence-corrected chi connectivity index (χ3v) is 4.35. The van der Waals surface area contributed by atoms with Gasteiger partial charge in [0.05, 0.1) is 0 Å². The van der Waals surface area contributed by atoms with E-state index in [2.05, 4.69) is 13.8 Å². The summed E-state index contributed by atoms with van der Waals surface area (Å²) in [7, 11) is -1.17. The maximum atomic E-state index is 5.68. The van der Waals surface area contributed by atoms with Gasteiger partial charge in [-0.25, -0.2) is 9.05 Å². The summed E-state index contributed by atoms with van der Waals surface area (Å²) in [6, 6.07) is 0. The van der Waals surface area contributed by atoms with Crippen LogP contribution in [0.3, 0.4) is 0 Å². The first kappa shape index (κ1) is 7.02. The lowest BCUT2D eigenvalue weighted by molar-refractivity contribution is 0.0598.